The normalized spacial score (nSPS) is 10.6. The van der Waals surface area contributed by atoms with Crippen LogP contribution < -0.4 is 0 Å². The Morgan fingerprint density at radius 2 is 1.68 bits per heavy atom. The lowest BCUT2D eigenvalue weighted by atomic mass is 10.1. The topological polar surface area (TPSA) is 67.9 Å². The van der Waals surface area contributed by atoms with E-state index in [2.05, 4.69) is 9.97 Å². The number of nitrogens with zero attached hydrogens (tertiary/aromatic N) is 2. The molecule has 0 aliphatic rings. The van der Waals surface area contributed by atoms with Crippen molar-refractivity contribution in [2.45, 2.75) is 0 Å². The summed E-state index contributed by atoms with van der Waals surface area (Å²) >= 11 is 0. The van der Waals surface area contributed by atoms with Gasteiger partial charge in [0.1, 0.15) is 11.6 Å². The maximum atomic E-state index is 13.4. The molecule has 0 spiro atoms. The standard InChI is InChI=1S/C22H16FN3O2/c1-28-22(27)16-7-5-15(6-8-16)21-25-19(14-9-11-17(23)12-10-14)20(26-21)18-4-2-3-13-24-18/h2-13H,1H3,(H,25,26). The molecular formula is C22H16FN3O2. The number of H-pyrrole nitrogens is 1. The molecule has 0 saturated heterocycles. The smallest absolute Gasteiger partial charge is 0.337 e. The molecule has 138 valence electrons. The van der Waals surface area contributed by atoms with E-state index in [0.29, 0.717) is 17.1 Å². The third-order valence-electron chi connectivity index (χ3n) is 4.32. The number of imidazole rings is 1. The van der Waals surface area contributed by atoms with Crippen molar-refractivity contribution >= 4 is 5.97 Å². The van der Waals surface area contributed by atoms with Gasteiger partial charge in [-0.25, -0.2) is 14.2 Å². The number of nitrogens with one attached hydrogen (secondary N) is 1. The third-order valence-corrected chi connectivity index (χ3v) is 4.32. The average Bonchev–Trinajstić information content (AvgIpc) is 3.20. The molecule has 0 fully saturated rings. The van der Waals surface area contributed by atoms with Crippen molar-refractivity contribution in [3.8, 4) is 34.0 Å². The van der Waals surface area contributed by atoms with E-state index in [1.54, 1.807) is 42.6 Å². The van der Waals surface area contributed by atoms with Crippen molar-refractivity contribution in [3.63, 3.8) is 0 Å². The number of methoxy groups -OCH3 is 1. The Bertz CT molecular complexity index is 1100. The molecule has 5 nitrogen and oxygen atoms in total. The monoisotopic (exact) mass is 373 g/mol. The first-order valence-corrected chi connectivity index (χ1v) is 8.62. The summed E-state index contributed by atoms with van der Waals surface area (Å²) in [6, 6.07) is 18.7. The van der Waals surface area contributed by atoms with Gasteiger partial charge in [0.2, 0.25) is 0 Å². The Morgan fingerprint density at radius 3 is 2.32 bits per heavy atom. The van der Waals surface area contributed by atoms with Crippen molar-refractivity contribution in [3.05, 3.63) is 84.3 Å². The van der Waals surface area contributed by atoms with Crippen molar-refractivity contribution in [2.75, 3.05) is 7.11 Å². The summed E-state index contributed by atoms with van der Waals surface area (Å²) < 4.78 is 18.1. The van der Waals surface area contributed by atoms with Crippen molar-refractivity contribution < 1.29 is 13.9 Å². The fraction of sp³-hybridized carbons (Fsp3) is 0.0455. The van der Waals surface area contributed by atoms with Gasteiger partial charge in [0, 0.05) is 17.3 Å². The lowest BCUT2D eigenvalue weighted by molar-refractivity contribution is 0.0601. The van der Waals surface area contributed by atoms with Crippen LogP contribution in [0.5, 0.6) is 0 Å². The highest BCUT2D eigenvalue weighted by Crippen LogP contribution is 2.32. The molecule has 2 aromatic carbocycles. The first-order chi connectivity index (χ1) is 13.7. The quantitative estimate of drug-likeness (QED) is 0.525. The number of pyridine rings is 1. The number of aromatic nitrogens is 3. The van der Waals surface area contributed by atoms with E-state index in [9.17, 15) is 9.18 Å². The molecule has 0 radical (unpaired) electrons. The fourth-order valence-corrected chi connectivity index (χ4v) is 2.90. The van der Waals surface area contributed by atoms with Crippen LogP contribution in [-0.4, -0.2) is 28.0 Å². The summed E-state index contributed by atoms with van der Waals surface area (Å²) in [6.07, 6.45) is 1.70. The number of hydrogen-bond donors (Lipinski definition) is 1. The van der Waals surface area contributed by atoms with Gasteiger partial charge in [-0.1, -0.05) is 18.2 Å². The maximum absolute atomic E-state index is 13.4. The van der Waals surface area contributed by atoms with E-state index in [4.69, 9.17) is 9.72 Å². The average molecular weight is 373 g/mol. The lowest BCUT2D eigenvalue weighted by Crippen LogP contribution is -2.00. The van der Waals surface area contributed by atoms with E-state index < -0.39 is 5.97 Å². The molecule has 0 bridgehead atoms. The van der Waals surface area contributed by atoms with Gasteiger partial charge in [0.15, 0.2) is 0 Å². The Labute approximate surface area is 160 Å². The number of halogens is 1. The van der Waals surface area contributed by atoms with Gasteiger partial charge in [-0.05, 0) is 48.5 Å². The fourth-order valence-electron chi connectivity index (χ4n) is 2.90. The number of carbonyl (C=O) groups excluding carboxylic acids is 1. The molecule has 0 aliphatic carbocycles. The van der Waals surface area contributed by atoms with Gasteiger partial charge in [-0.15, -0.1) is 0 Å². The SMILES string of the molecule is COC(=O)c1ccc(-c2nc(-c3ccc(F)cc3)c(-c3ccccn3)[nH]2)cc1. The zero-order chi connectivity index (χ0) is 19.5. The highest BCUT2D eigenvalue weighted by Gasteiger charge is 2.16. The maximum Gasteiger partial charge on any atom is 0.337 e. The van der Waals surface area contributed by atoms with Crippen molar-refractivity contribution in [1.29, 1.82) is 0 Å². The molecule has 6 heteroatoms. The highest BCUT2D eigenvalue weighted by atomic mass is 19.1. The van der Waals surface area contributed by atoms with E-state index in [1.165, 1.54) is 19.2 Å². The zero-order valence-corrected chi connectivity index (χ0v) is 15.0. The Morgan fingerprint density at radius 1 is 0.964 bits per heavy atom. The number of esters is 1. The van der Waals surface area contributed by atoms with E-state index in [0.717, 1.165) is 22.5 Å². The second-order valence-corrected chi connectivity index (χ2v) is 6.10. The van der Waals surface area contributed by atoms with Gasteiger partial charge >= 0.3 is 5.97 Å². The number of ether oxygens (including phenoxy) is 1. The molecule has 1 N–H and O–H groups in total. The van der Waals surface area contributed by atoms with Crippen LogP contribution >= 0.6 is 0 Å². The minimum absolute atomic E-state index is 0.308. The predicted molar refractivity (Wildman–Crippen MR) is 104 cm³/mol. The highest BCUT2D eigenvalue weighted by molar-refractivity contribution is 5.90. The molecule has 4 aromatic rings. The second-order valence-electron chi connectivity index (χ2n) is 6.10. The van der Waals surface area contributed by atoms with Gasteiger partial charge in [-0.3, -0.25) is 4.98 Å². The number of hydrogen-bond acceptors (Lipinski definition) is 4. The van der Waals surface area contributed by atoms with E-state index >= 15 is 0 Å². The number of rotatable bonds is 4. The van der Waals surface area contributed by atoms with Crippen molar-refractivity contribution in [1.82, 2.24) is 15.0 Å². The van der Waals surface area contributed by atoms with Crippen molar-refractivity contribution in [2.24, 2.45) is 0 Å². The summed E-state index contributed by atoms with van der Waals surface area (Å²) in [5.74, 6) is -0.0825. The molecule has 0 amide bonds. The number of benzene rings is 2. The van der Waals surface area contributed by atoms with Crippen LogP contribution in [0.15, 0.2) is 72.9 Å². The third kappa shape index (κ3) is 3.40. The van der Waals surface area contributed by atoms with E-state index in [-0.39, 0.29) is 5.82 Å². The molecule has 4 rings (SSSR count). The number of carbonyl (C=O) groups is 1. The van der Waals surface area contributed by atoms with Gasteiger partial charge < -0.3 is 9.72 Å². The molecule has 2 heterocycles. The van der Waals surface area contributed by atoms with Crippen LogP contribution in [0.25, 0.3) is 34.0 Å². The van der Waals surface area contributed by atoms with Crippen LogP contribution in [0.2, 0.25) is 0 Å². The summed E-state index contributed by atoms with van der Waals surface area (Å²) in [5, 5.41) is 0. The van der Waals surface area contributed by atoms with Crippen LogP contribution in [0.1, 0.15) is 10.4 Å². The summed E-state index contributed by atoms with van der Waals surface area (Å²) in [4.78, 5) is 24.1. The Balaban J connectivity index is 1.81. The molecule has 0 atom stereocenters. The van der Waals surface area contributed by atoms with Gasteiger partial charge in [0.05, 0.1) is 29.8 Å². The van der Waals surface area contributed by atoms with Crippen LogP contribution in [0.3, 0.4) is 0 Å². The van der Waals surface area contributed by atoms with Crippen LogP contribution in [-0.2, 0) is 4.74 Å². The second kappa shape index (κ2) is 7.44. The summed E-state index contributed by atoms with van der Waals surface area (Å²) in [6.45, 7) is 0. The molecule has 0 unspecified atom stereocenters. The largest absolute Gasteiger partial charge is 0.465 e. The van der Waals surface area contributed by atoms with Gasteiger partial charge in [0.25, 0.3) is 0 Å². The summed E-state index contributed by atoms with van der Waals surface area (Å²) in [5.41, 5.74) is 4.17. The minimum atomic E-state index is -0.396. The first kappa shape index (κ1) is 17.6. The molecular weight excluding hydrogens is 357 g/mol. The van der Waals surface area contributed by atoms with E-state index in [1.807, 2.05) is 18.2 Å². The predicted octanol–water partition coefficient (Wildman–Crippen LogP) is 4.73. The van der Waals surface area contributed by atoms with Crippen LogP contribution in [0.4, 0.5) is 4.39 Å². The first-order valence-electron chi connectivity index (χ1n) is 8.62. The molecule has 0 aliphatic heterocycles. The summed E-state index contributed by atoms with van der Waals surface area (Å²) in [7, 11) is 1.34. The lowest BCUT2D eigenvalue weighted by Gasteiger charge is -2.02. The molecule has 28 heavy (non-hydrogen) atoms. The van der Waals surface area contributed by atoms with Crippen LogP contribution in [0, 0.1) is 5.82 Å². The Kier molecular flexibility index (Phi) is 4.68. The van der Waals surface area contributed by atoms with Gasteiger partial charge in [-0.2, -0.15) is 0 Å². The Hall–Kier alpha value is -3.80. The minimum Gasteiger partial charge on any atom is -0.465 e. The zero-order valence-electron chi connectivity index (χ0n) is 15.0. The number of aromatic amines is 1. The molecule has 2 aromatic heterocycles. The molecule has 0 saturated carbocycles.